The van der Waals surface area contributed by atoms with Gasteiger partial charge in [0.05, 0.1) is 11.0 Å². The lowest BCUT2D eigenvalue weighted by Gasteiger charge is -2.03. The molecule has 110 valence electrons. The van der Waals surface area contributed by atoms with Crippen LogP contribution in [-0.4, -0.2) is 15.9 Å². The fourth-order valence-corrected chi connectivity index (χ4v) is 3.10. The van der Waals surface area contributed by atoms with Gasteiger partial charge in [-0.25, -0.2) is 4.98 Å². The van der Waals surface area contributed by atoms with Gasteiger partial charge in [0.2, 0.25) is 11.9 Å². The number of rotatable bonds is 3. The lowest BCUT2D eigenvalue weighted by atomic mass is 10.1. The van der Waals surface area contributed by atoms with Gasteiger partial charge in [-0.3, -0.25) is 10.1 Å². The number of carbonyl (C=O) groups is 1. The number of para-hydroxylation sites is 2. The molecule has 0 spiro atoms. The SMILES string of the molecule is O=C(Nc1nc2ccccc2[nH]1)[C@H]1C[C@H]1c1ccccc1Cl. The summed E-state index contributed by atoms with van der Waals surface area (Å²) in [5.74, 6) is 0.658. The first kappa shape index (κ1) is 13.3. The Morgan fingerprint density at radius 1 is 1.18 bits per heavy atom. The highest BCUT2D eigenvalue weighted by atomic mass is 35.5. The van der Waals surface area contributed by atoms with Crippen molar-refractivity contribution in [1.82, 2.24) is 9.97 Å². The van der Waals surface area contributed by atoms with E-state index in [-0.39, 0.29) is 17.7 Å². The molecule has 4 nitrogen and oxygen atoms in total. The van der Waals surface area contributed by atoms with Crippen molar-refractivity contribution in [3.8, 4) is 0 Å². The summed E-state index contributed by atoms with van der Waals surface area (Å²) in [6, 6.07) is 15.4. The lowest BCUT2D eigenvalue weighted by molar-refractivity contribution is -0.117. The summed E-state index contributed by atoms with van der Waals surface area (Å²) >= 11 is 6.19. The molecule has 4 rings (SSSR count). The summed E-state index contributed by atoms with van der Waals surface area (Å²) in [5, 5.41) is 3.59. The molecular weight excluding hydrogens is 298 g/mol. The number of imidazole rings is 1. The summed E-state index contributed by atoms with van der Waals surface area (Å²) in [6.45, 7) is 0. The Bertz CT molecular complexity index is 825. The van der Waals surface area contributed by atoms with Gasteiger partial charge in [0.15, 0.2) is 0 Å². The topological polar surface area (TPSA) is 57.8 Å². The molecule has 0 radical (unpaired) electrons. The fraction of sp³-hybridized carbons (Fsp3) is 0.176. The molecule has 1 heterocycles. The molecule has 0 bridgehead atoms. The third kappa shape index (κ3) is 2.35. The summed E-state index contributed by atoms with van der Waals surface area (Å²) < 4.78 is 0. The zero-order valence-corrected chi connectivity index (χ0v) is 12.5. The highest BCUT2D eigenvalue weighted by Gasteiger charge is 2.45. The summed E-state index contributed by atoms with van der Waals surface area (Å²) in [7, 11) is 0. The molecule has 1 aromatic heterocycles. The van der Waals surface area contributed by atoms with Crippen molar-refractivity contribution in [3.05, 3.63) is 59.1 Å². The predicted molar refractivity (Wildman–Crippen MR) is 87.0 cm³/mol. The number of H-pyrrole nitrogens is 1. The maximum absolute atomic E-state index is 12.3. The van der Waals surface area contributed by atoms with Crippen molar-refractivity contribution in [3.63, 3.8) is 0 Å². The number of halogens is 1. The van der Waals surface area contributed by atoms with Crippen molar-refractivity contribution in [2.45, 2.75) is 12.3 Å². The van der Waals surface area contributed by atoms with Crippen LogP contribution >= 0.6 is 11.6 Å². The van der Waals surface area contributed by atoms with Crippen LogP contribution in [0.1, 0.15) is 17.9 Å². The van der Waals surface area contributed by atoms with E-state index in [2.05, 4.69) is 15.3 Å². The summed E-state index contributed by atoms with van der Waals surface area (Å²) in [5.41, 5.74) is 2.81. The molecular formula is C17H14ClN3O. The molecule has 3 aromatic rings. The molecule has 0 unspecified atom stereocenters. The van der Waals surface area contributed by atoms with Crippen LogP contribution in [0.3, 0.4) is 0 Å². The Labute approximate surface area is 132 Å². The van der Waals surface area contributed by atoms with E-state index in [9.17, 15) is 4.79 Å². The van der Waals surface area contributed by atoms with E-state index >= 15 is 0 Å². The fourth-order valence-electron chi connectivity index (χ4n) is 2.83. The van der Waals surface area contributed by atoms with E-state index in [0.29, 0.717) is 5.95 Å². The number of hydrogen-bond donors (Lipinski definition) is 2. The third-order valence-electron chi connectivity index (χ3n) is 4.06. The average molecular weight is 312 g/mol. The van der Waals surface area contributed by atoms with E-state index in [0.717, 1.165) is 28.0 Å². The Morgan fingerprint density at radius 3 is 2.77 bits per heavy atom. The van der Waals surface area contributed by atoms with Gasteiger partial charge in [-0.2, -0.15) is 0 Å². The van der Waals surface area contributed by atoms with Gasteiger partial charge in [-0.1, -0.05) is 41.9 Å². The first-order valence-corrected chi connectivity index (χ1v) is 7.60. The van der Waals surface area contributed by atoms with Crippen LogP contribution in [0, 0.1) is 5.92 Å². The molecule has 1 aliphatic carbocycles. The van der Waals surface area contributed by atoms with E-state index in [1.807, 2.05) is 48.5 Å². The van der Waals surface area contributed by atoms with Gasteiger partial charge in [0, 0.05) is 10.9 Å². The quantitative estimate of drug-likeness (QED) is 0.769. The van der Waals surface area contributed by atoms with Crippen LogP contribution in [0.4, 0.5) is 5.95 Å². The van der Waals surface area contributed by atoms with Crippen LogP contribution < -0.4 is 5.32 Å². The van der Waals surface area contributed by atoms with Gasteiger partial charge in [-0.05, 0) is 36.1 Å². The monoisotopic (exact) mass is 311 g/mol. The number of carbonyl (C=O) groups excluding carboxylic acids is 1. The average Bonchev–Trinajstić information content (AvgIpc) is 3.20. The minimum atomic E-state index is -0.0342. The number of nitrogens with zero attached hydrogens (tertiary/aromatic N) is 1. The predicted octanol–water partition coefficient (Wildman–Crippen LogP) is 3.96. The molecule has 1 fully saturated rings. The normalized spacial score (nSPS) is 20.0. The van der Waals surface area contributed by atoms with Gasteiger partial charge >= 0.3 is 0 Å². The maximum Gasteiger partial charge on any atom is 0.230 e. The smallest absolute Gasteiger partial charge is 0.230 e. The van der Waals surface area contributed by atoms with Gasteiger partial charge in [0.25, 0.3) is 0 Å². The van der Waals surface area contributed by atoms with Gasteiger partial charge in [-0.15, -0.1) is 0 Å². The maximum atomic E-state index is 12.3. The molecule has 0 aliphatic heterocycles. The van der Waals surface area contributed by atoms with Crippen molar-refractivity contribution in [2.75, 3.05) is 5.32 Å². The number of amides is 1. The molecule has 1 amide bonds. The highest BCUT2D eigenvalue weighted by molar-refractivity contribution is 6.31. The molecule has 1 aliphatic rings. The van der Waals surface area contributed by atoms with Crippen LogP contribution in [0.25, 0.3) is 11.0 Å². The molecule has 1 saturated carbocycles. The molecule has 0 saturated heterocycles. The second-order valence-electron chi connectivity index (χ2n) is 5.56. The summed E-state index contributed by atoms with van der Waals surface area (Å²) in [4.78, 5) is 19.8. The summed E-state index contributed by atoms with van der Waals surface area (Å²) in [6.07, 6.45) is 0.829. The Kier molecular flexibility index (Phi) is 3.12. The van der Waals surface area contributed by atoms with E-state index in [1.54, 1.807) is 0 Å². The second kappa shape index (κ2) is 5.14. The van der Waals surface area contributed by atoms with Crippen LogP contribution in [0.2, 0.25) is 5.02 Å². The third-order valence-corrected chi connectivity index (χ3v) is 4.41. The number of anilines is 1. The first-order chi connectivity index (χ1) is 10.7. The number of aromatic nitrogens is 2. The van der Waals surface area contributed by atoms with Crippen molar-refractivity contribution >= 4 is 34.5 Å². The van der Waals surface area contributed by atoms with Crippen LogP contribution in [0.5, 0.6) is 0 Å². The zero-order valence-electron chi connectivity index (χ0n) is 11.7. The van der Waals surface area contributed by atoms with Crippen molar-refractivity contribution < 1.29 is 4.79 Å². The molecule has 2 N–H and O–H groups in total. The Balaban J connectivity index is 1.48. The first-order valence-electron chi connectivity index (χ1n) is 7.22. The van der Waals surface area contributed by atoms with E-state index in [4.69, 9.17) is 11.6 Å². The lowest BCUT2D eigenvalue weighted by Crippen LogP contribution is -2.15. The largest absolute Gasteiger partial charge is 0.324 e. The number of fused-ring (bicyclic) bond motifs is 1. The minimum Gasteiger partial charge on any atom is -0.324 e. The van der Waals surface area contributed by atoms with Crippen LogP contribution in [-0.2, 0) is 4.79 Å². The molecule has 22 heavy (non-hydrogen) atoms. The van der Waals surface area contributed by atoms with Gasteiger partial charge in [0.1, 0.15) is 0 Å². The van der Waals surface area contributed by atoms with Crippen LogP contribution in [0.15, 0.2) is 48.5 Å². The van der Waals surface area contributed by atoms with Crippen molar-refractivity contribution in [2.24, 2.45) is 5.92 Å². The zero-order chi connectivity index (χ0) is 15.1. The second-order valence-corrected chi connectivity index (χ2v) is 5.97. The molecule has 5 heteroatoms. The Morgan fingerprint density at radius 2 is 1.95 bits per heavy atom. The molecule has 2 aromatic carbocycles. The van der Waals surface area contributed by atoms with E-state index in [1.165, 1.54) is 0 Å². The van der Waals surface area contributed by atoms with Crippen molar-refractivity contribution in [1.29, 1.82) is 0 Å². The standard InChI is InChI=1S/C17H14ClN3O/c18-13-6-2-1-5-10(13)11-9-12(11)16(22)21-17-19-14-7-3-4-8-15(14)20-17/h1-8,11-12H,9H2,(H2,19,20,21,22)/t11-,12-/m0/s1. The molecule has 2 atom stereocenters. The minimum absolute atomic E-state index is 0.0102. The number of benzene rings is 2. The number of aromatic amines is 1. The van der Waals surface area contributed by atoms with E-state index < -0.39 is 0 Å². The number of nitrogens with one attached hydrogen (secondary N) is 2. The number of hydrogen-bond acceptors (Lipinski definition) is 2. The Hall–Kier alpha value is -2.33. The highest BCUT2D eigenvalue weighted by Crippen LogP contribution is 2.49. The van der Waals surface area contributed by atoms with Gasteiger partial charge < -0.3 is 4.98 Å².